The minimum absolute atomic E-state index is 0.119. The van der Waals surface area contributed by atoms with Crippen molar-refractivity contribution in [2.75, 3.05) is 31.1 Å². The number of aryl methyl sites for hydroxylation is 3. The Morgan fingerprint density at radius 1 is 0.889 bits per heavy atom. The van der Waals surface area contributed by atoms with E-state index in [2.05, 4.69) is 48.0 Å². The van der Waals surface area contributed by atoms with E-state index in [-0.39, 0.29) is 5.91 Å². The number of benzene rings is 2. The van der Waals surface area contributed by atoms with E-state index in [0.29, 0.717) is 6.54 Å². The Morgan fingerprint density at radius 3 is 2.33 bits per heavy atom. The third kappa shape index (κ3) is 6.64. The number of aromatic nitrogens is 2. The summed E-state index contributed by atoms with van der Waals surface area (Å²) in [6.07, 6.45) is 6.41. The Morgan fingerprint density at radius 2 is 1.61 bits per heavy atom. The Bertz CT molecular complexity index is 1160. The van der Waals surface area contributed by atoms with E-state index in [4.69, 9.17) is 16.6 Å². The van der Waals surface area contributed by atoms with E-state index in [1.54, 1.807) is 0 Å². The van der Waals surface area contributed by atoms with E-state index in [1.807, 2.05) is 36.1 Å². The summed E-state index contributed by atoms with van der Waals surface area (Å²) in [5, 5.41) is 0.735. The lowest BCUT2D eigenvalue weighted by Gasteiger charge is -2.26. The van der Waals surface area contributed by atoms with Crippen LogP contribution < -0.4 is 4.90 Å². The highest BCUT2D eigenvalue weighted by Gasteiger charge is 2.24. The standard InChI is InChI=1S/C30H37ClN4O/c1-4-5-6-8-24-9-13-26(14-10-24)30(36)35-18-7-17-34(19-20-35)29-28(22(2)32-23(3)33-29)21-25-11-15-27(31)16-12-25/h9-16H,4-8,17-21H2,1-3H3. The molecule has 0 spiro atoms. The molecule has 1 amide bonds. The largest absolute Gasteiger partial charge is 0.354 e. The summed E-state index contributed by atoms with van der Waals surface area (Å²) in [4.78, 5) is 27.1. The second kappa shape index (κ2) is 12.4. The number of rotatable bonds is 8. The van der Waals surface area contributed by atoms with Crippen molar-refractivity contribution < 1.29 is 4.79 Å². The molecule has 3 aromatic rings. The van der Waals surface area contributed by atoms with Crippen molar-refractivity contribution in [2.24, 2.45) is 0 Å². The van der Waals surface area contributed by atoms with Crippen LogP contribution in [0.25, 0.3) is 0 Å². The van der Waals surface area contributed by atoms with E-state index >= 15 is 0 Å². The number of carbonyl (C=O) groups excluding carboxylic acids is 1. The van der Waals surface area contributed by atoms with Crippen LogP contribution in [0.1, 0.15) is 71.2 Å². The highest BCUT2D eigenvalue weighted by atomic mass is 35.5. The molecule has 0 atom stereocenters. The maximum atomic E-state index is 13.3. The van der Waals surface area contributed by atoms with Crippen LogP contribution in [0.4, 0.5) is 5.82 Å². The Kier molecular flexibility index (Phi) is 8.98. The zero-order valence-corrected chi connectivity index (χ0v) is 22.5. The maximum Gasteiger partial charge on any atom is 0.253 e. The second-order valence-electron chi connectivity index (χ2n) is 9.75. The number of amides is 1. The van der Waals surface area contributed by atoms with Gasteiger partial charge in [0.1, 0.15) is 11.6 Å². The third-order valence-electron chi connectivity index (χ3n) is 6.95. The van der Waals surface area contributed by atoms with Gasteiger partial charge in [-0.1, -0.05) is 55.6 Å². The molecule has 0 radical (unpaired) electrons. The maximum absolute atomic E-state index is 13.3. The Labute approximate surface area is 220 Å². The molecule has 2 heterocycles. The predicted octanol–water partition coefficient (Wildman–Crippen LogP) is 6.42. The fourth-order valence-electron chi connectivity index (χ4n) is 4.90. The van der Waals surface area contributed by atoms with E-state index < -0.39 is 0 Å². The van der Waals surface area contributed by atoms with Crippen molar-refractivity contribution >= 4 is 23.3 Å². The van der Waals surface area contributed by atoms with Crippen LogP contribution in [0.15, 0.2) is 48.5 Å². The van der Waals surface area contributed by atoms with Crippen molar-refractivity contribution in [3.8, 4) is 0 Å². The molecule has 0 unspecified atom stereocenters. The summed E-state index contributed by atoms with van der Waals surface area (Å²) < 4.78 is 0. The monoisotopic (exact) mass is 504 g/mol. The average Bonchev–Trinajstić information content (AvgIpc) is 3.13. The van der Waals surface area contributed by atoms with Crippen molar-refractivity contribution in [3.63, 3.8) is 0 Å². The number of anilines is 1. The van der Waals surface area contributed by atoms with Gasteiger partial charge in [0.25, 0.3) is 5.91 Å². The predicted molar refractivity (Wildman–Crippen MR) is 148 cm³/mol. The molecule has 1 fully saturated rings. The van der Waals surface area contributed by atoms with Crippen molar-refractivity contribution in [1.29, 1.82) is 0 Å². The van der Waals surface area contributed by atoms with Crippen LogP contribution in [0, 0.1) is 13.8 Å². The van der Waals surface area contributed by atoms with Crippen LogP contribution in [0.3, 0.4) is 0 Å². The van der Waals surface area contributed by atoms with Crippen molar-refractivity contribution in [1.82, 2.24) is 14.9 Å². The molecule has 0 aliphatic carbocycles. The summed E-state index contributed by atoms with van der Waals surface area (Å²) in [5.74, 6) is 1.88. The minimum atomic E-state index is 0.119. The molecule has 1 aromatic heterocycles. The molecule has 1 aliphatic rings. The number of hydrogen-bond acceptors (Lipinski definition) is 4. The number of halogens is 1. The number of hydrogen-bond donors (Lipinski definition) is 0. The minimum Gasteiger partial charge on any atom is -0.354 e. The van der Waals surface area contributed by atoms with Gasteiger partial charge in [0.2, 0.25) is 0 Å². The number of carbonyl (C=O) groups is 1. The quantitative estimate of drug-likeness (QED) is 0.332. The summed E-state index contributed by atoms with van der Waals surface area (Å²) in [6.45, 7) is 9.28. The molecular formula is C30H37ClN4O. The molecule has 4 rings (SSSR count). The Balaban J connectivity index is 1.46. The van der Waals surface area contributed by atoms with Gasteiger partial charge in [-0.2, -0.15) is 0 Å². The molecule has 2 aromatic carbocycles. The number of unbranched alkanes of at least 4 members (excludes halogenated alkanes) is 2. The molecule has 1 saturated heterocycles. The van der Waals surface area contributed by atoms with Gasteiger partial charge in [0, 0.05) is 54.4 Å². The van der Waals surface area contributed by atoms with E-state index in [1.165, 1.54) is 30.4 Å². The first-order valence-corrected chi connectivity index (χ1v) is 13.5. The van der Waals surface area contributed by atoms with Gasteiger partial charge in [-0.05, 0) is 68.5 Å². The Hall–Kier alpha value is -2.92. The molecule has 6 heteroatoms. The topological polar surface area (TPSA) is 49.3 Å². The lowest BCUT2D eigenvalue weighted by Crippen LogP contribution is -2.35. The van der Waals surface area contributed by atoms with Crippen molar-refractivity contribution in [3.05, 3.63) is 87.3 Å². The van der Waals surface area contributed by atoms with Gasteiger partial charge < -0.3 is 9.80 Å². The molecule has 1 aliphatic heterocycles. The second-order valence-corrected chi connectivity index (χ2v) is 10.2. The average molecular weight is 505 g/mol. The fourth-order valence-corrected chi connectivity index (χ4v) is 5.03. The molecule has 0 saturated carbocycles. The van der Waals surface area contributed by atoms with Crippen LogP contribution in [-0.4, -0.2) is 47.0 Å². The zero-order valence-electron chi connectivity index (χ0n) is 21.8. The van der Waals surface area contributed by atoms with Crippen LogP contribution in [0.2, 0.25) is 5.02 Å². The lowest BCUT2D eigenvalue weighted by atomic mass is 10.0. The van der Waals surface area contributed by atoms with Gasteiger partial charge in [0.15, 0.2) is 0 Å². The first-order valence-electron chi connectivity index (χ1n) is 13.2. The highest BCUT2D eigenvalue weighted by molar-refractivity contribution is 6.30. The van der Waals surface area contributed by atoms with Gasteiger partial charge in [0.05, 0.1) is 0 Å². The van der Waals surface area contributed by atoms with Crippen LogP contribution in [-0.2, 0) is 12.8 Å². The fraction of sp³-hybridized carbons (Fsp3) is 0.433. The normalized spacial score (nSPS) is 14.1. The summed E-state index contributed by atoms with van der Waals surface area (Å²) >= 11 is 6.09. The van der Waals surface area contributed by atoms with Gasteiger partial charge in [-0.25, -0.2) is 9.97 Å². The third-order valence-corrected chi connectivity index (χ3v) is 7.20. The van der Waals surface area contributed by atoms with Gasteiger partial charge >= 0.3 is 0 Å². The molecule has 0 bridgehead atoms. The smallest absolute Gasteiger partial charge is 0.253 e. The first-order chi connectivity index (χ1) is 17.4. The highest BCUT2D eigenvalue weighted by Crippen LogP contribution is 2.26. The molecule has 36 heavy (non-hydrogen) atoms. The summed E-state index contributed by atoms with van der Waals surface area (Å²) in [5.41, 5.74) is 5.41. The summed E-state index contributed by atoms with van der Waals surface area (Å²) in [6, 6.07) is 16.2. The van der Waals surface area contributed by atoms with Crippen molar-refractivity contribution in [2.45, 2.75) is 59.3 Å². The first kappa shape index (κ1) is 26.2. The van der Waals surface area contributed by atoms with Gasteiger partial charge in [-0.3, -0.25) is 4.79 Å². The number of nitrogens with zero attached hydrogens (tertiary/aromatic N) is 4. The van der Waals surface area contributed by atoms with E-state index in [9.17, 15) is 4.79 Å². The molecule has 0 N–H and O–H groups in total. The lowest BCUT2D eigenvalue weighted by molar-refractivity contribution is 0.0767. The summed E-state index contributed by atoms with van der Waals surface area (Å²) in [7, 11) is 0. The van der Waals surface area contributed by atoms with Gasteiger partial charge in [-0.15, -0.1) is 0 Å². The molecule has 190 valence electrons. The van der Waals surface area contributed by atoms with E-state index in [0.717, 1.165) is 72.4 Å². The van der Waals surface area contributed by atoms with Crippen LogP contribution in [0.5, 0.6) is 0 Å². The molecular weight excluding hydrogens is 468 g/mol. The SMILES string of the molecule is CCCCCc1ccc(C(=O)N2CCCN(c3nc(C)nc(C)c3Cc3ccc(Cl)cc3)CC2)cc1. The molecule has 5 nitrogen and oxygen atoms in total. The van der Waals surface area contributed by atoms with Crippen LogP contribution >= 0.6 is 11.6 Å². The zero-order chi connectivity index (χ0) is 25.5.